The van der Waals surface area contributed by atoms with Crippen molar-refractivity contribution in [1.29, 1.82) is 5.26 Å². The molecule has 1 N–H and O–H groups in total. The molecule has 12 heteroatoms. The summed E-state index contributed by atoms with van der Waals surface area (Å²) >= 11 is 0. The van der Waals surface area contributed by atoms with Crippen molar-refractivity contribution in [2.75, 3.05) is 13.2 Å². The number of nitrogens with zero attached hydrogens (tertiary/aromatic N) is 4. The van der Waals surface area contributed by atoms with Gasteiger partial charge in [0.05, 0.1) is 47.7 Å². The summed E-state index contributed by atoms with van der Waals surface area (Å²) in [5.74, 6) is -4.26. The fourth-order valence-electron chi connectivity index (χ4n) is 5.85. The van der Waals surface area contributed by atoms with Gasteiger partial charge in [0.2, 0.25) is 0 Å². The van der Waals surface area contributed by atoms with Crippen LogP contribution < -0.4 is 4.74 Å². The monoisotopic (exact) mass is 644 g/mol. The van der Waals surface area contributed by atoms with Gasteiger partial charge in [-0.1, -0.05) is 26.0 Å². The number of aromatic nitrogens is 3. The van der Waals surface area contributed by atoms with E-state index in [4.69, 9.17) is 14.7 Å². The number of benzene rings is 3. The van der Waals surface area contributed by atoms with E-state index in [0.29, 0.717) is 23.6 Å². The van der Waals surface area contributed by atoms with Crippen molar-refractivity contribution >= 4 is 17.0 Å². The largest absolute Gasteiger partial charge is 0.478 e. The van der Waals surface area contributed by atoms with Crippen molar-refractivity contribution in [1.82, 2.24) is 14.5 Å². The first-order valence-electron chi connectivity index (χ1n) is 14.6. The molecule has 0 spiro atoms. The topological polar surface area (TPSA) is 110 Å². The Morgan fingerprint density at radius 3 is 2.47 bits per heavy atom. The molecular weight excluding hydrogens is 616 g/mol. The predicted molar refractivity (Wildman–Crippen MR) is 163 cm³/mol. The number of aromatic carboxylic acids is 1. The van der Waals surface area contributed by atoms with E-state index in [1.807, 2.05) is 19.9 Å². The van der Waals surface area contributed by atoms with Crippen molar-refractivity contribution in [2.24, 2.45) is 5.41 Å². The zero-order chi connectivity index (χ0) is 33.6. The van der Waals surface area contributed by atoms with E-state index in [9.17, 15) is 18.7 Å². The number of nitriles is 1. The highest BCUT2D eigenvalue weighted by Crippen LogP contribution is 2.41. The number of hydrogen-bond acceptors (Lipinski definition) is 6. The number of halogens is 4. The highest BCUT2D eigenvalue weighted by Gasteiger charge is 2.39. The van der Waals surface area contributed by atoms with Gasteiger partial charge in [-0.25, -0.2) is 32.3 Å². The van der Waals surface area contributed by atoms with E-state index in [1.165, 1.54) is 30.3 Å². The number of fused-ring (bicyclic) bond motifs is 1. The van der Waals surface area contributed by atoms with Crippen molar-refractivity contribution in [2.45, 2.75) is 39.8 Å². The van der Waals surface area contributed by atoms with Gasteiger partial charge in [0, 0.05) is 23.0 Å². The van der Waals surface area contributed by atoms with E-state index in [1.54, 1.807) is 17.6 Å². The molecule has 1 saturated heterocycles. The average molecular weight is 645 g/mol. The van der Waals surface area contributed by atoms with Gasteiger partial charge in [0.25, 0.3) is 5.88 Å². The van der Waals surface area contributed by atoms with E-state index in [-0.39, 0.29) is 64.7 Å². The molecule has 0 aliphatic carbocycles. The molecule has 3 heterocycles. The first-order valence-corrected chi connectivity index (χ1v) is 14.6. The molecule has 8 nitrogen and oxygen atoms in total. The van der Waals surface area contributed by atoms with Crippen molar-refractivity contribution in [3.8, 4) is 23.2 Å². The number of hydrogen-bond donors (Lipinski definition) is 1. The molecule has 240 valence electrons. The zero-order valence-electron chi connectivity index (χ0n) is 25.6. The Morgan fingerprint density at radius 2 is 1.79 bits per heavy atom. The molecule has 0 radical (unpaired) electrons. The van der Waals surface area contributed by atoms with Crippen LogP contribution in [0, 0.1) is 46.9 Å². The van der Waals surface area contributed by atoms with E-state index >= 15 is 8.78 Å². The fraction of sp³-hybridized carbons (Fsp3) is 0.257. The van der Waals surface area contributed by atoms with Crippen molar-refractivity contribution < 1.29 is 36.9 Å². The Kier molecular flexibility index (Phi) is 8.19. The van der Waals surface area contributed by atoms with Gasteiger partial charge in [-0.3, -0.25) is 0 Å². The molecule has 3 aromatic carbocycles. The second-order valence-electron chi connectivity index (χ2n) is 12.2. The summed E-state index contributed by atoms with van der Waals surface area (Å²) in [5.41, 5.74) is 1.25. The molecule has 0 saturated carbocycles. The van der Waals surface area contributed by atoms with Crippen LogP contribution in [0.4, 0.5) is 17.6 Å². The number of carbonyl (C=O) groups is 1. The number of aryl methyl sites for hydroxylation is 1. The Bertz CT molecular complexity index is 2100. The van der Waals surface area contributed by atoms with Crippen LogP contribution >= 0.6 is 0 Å². The summed E-state index contributed by atoms with van der Waals surface area (Å²) in [6.45, 7) is 6.03. The molecule has 0 unspecified atom stereocenters. The molecule has 47 heavy (non-hydrogen) atoms. The zero-order valence-corrected chi connectivity index (χ0v) is 25.6. The molecule has 1 aliphatic rings. The molecule has 1 atom stereocenters. The van der Waals surface area contributed by atoms with Gasteiger partial charge < -0.3 is 19.1 Å². The van der Waals surface area contributed by atoms with E-state index < -0.39 is 40.5 Å². The van der Waals surface area contributed by atoms with Crippen molar-refractivity contribution in [3.63, 3.8) is 0 Å². The molecular formula is C35H28F4N4O4. The third-order valence-electron chi connectivity index (χ3n) is 8.41. The lowest BCUT2D eigenvalue weighted by molar-refractivity contribution is 0.0696. The number of pyridine rings is 1. The molecule has 0 amide bonds. The van der Waals surface area contributed by atoms with Crippen LogP contribution in [0.2, 0.25) is 0 Å². The minimum absolute atomic E-state index is 0.0228. The fourth-order valence-corrected chi connectivity index (χ4v) is 5.85. The Morgan fingerprint density at radius 1 is 1.02 bits per heavy atom. The summed E-state index contributed by atoms with van der Waals surface area (Å²) in [6, 6.07) is 13.0. The Hall–Kier alpha value is -5.28. The highest BCUT2D eigenvalue weighted by molar-refractivity contribution is 5.93. The maximum Gasteiger partial charge on any atom is 0.335 e. The van der Waals surface area contributed by atoms with Gasteiger partial charge in [0.1, 0.15) is 29.6 Å². The third-order valence-corrected chi connectivity index (χ3v) is 8.41. The quantitative estimate of drug-likeness (QED) is 0.177. The molecule has 2 aromatic heterocycles. The lowest BCUT2D eigenvalue weighted by atomic mass is 9.87. The number of carboxylic acids is 1. The smallest absolute Gasteiger partial charge is 0.335 e. The van der Waals surface area contributed by atoms with Crippen LogP contribution in [-0.2, 0) is 17.8 Å². The highest BCUT2D eigenvalue weighted by atomic mass is 19.1. The number of imidazole rings is 1. The van der Waals surface area contributed by atoms with Gasteiger partial charge in [-0.15, -0.1) is 0 Å². The normalized spacial score (nSPS) is 15.6. The molecule has 1 fully saturated rings. The number of carboxylic acid groups (broad SMARTS) is 1. The van der Waals surface area contributed by atoms with E-state index in [2.05, 4.69) is 9.97 Å². The summed E-state index contributed by atoms with van der Waals surface area (Å²) in [6.07, 6.45) is -0.0442. The van der Waals surface area contributed by atoms with Crippen LogP contribution in [0.5, 0.6) is 5.88 Å². The van der Waals surface area contributed by atoms with Crippen molar-refractivity contribution in [3.05, 3.63) is 112 Å². The van der Waals surface area contributed by atoms with Gasteiger partial charge in [-0.05, 0) is 60.5 Å². The van der Waals surface area contributed by atoms with Gasteiger partial charge in [-0.2, -0.15) is 5.26 Å². The third kappa shape index (κ3) is 6.02. The van der Waals surface area contributed by atoms with Crippen LogP contribution in [0.25, 0.3) is 22.3 Å². The molecule has 6 rings (SSSR count). The van der Waals surface area contributed by atoms with Gasteiger partial charge >= 0.3 is 5.97 Å². The van der Waals surface area contributed by atoms with Crippen LogP contribution in [0.3, 0.4) is 0 Å². The minimum Gasteiger partial charge on any atom is -0.478 e. The van der Waals surface area contributed by atoms with Crippen LogP contribution in [0.1, 0.15) is 58.3 Å². The maximum absolute atomic E-state index is 15.8. The SMILES string of the molecule is Cc1cc(Cc2nc3c(F)cc(C(=O)O)cc3n2[C@@H]2COCC2(C)C)c(F)cc1-c1ccc(F)c(OCc2ccc(C#N)cc2F)n1. The molecule has 0 bridgehead atoms. The Balaban J connectivity index is 1.34. The summed E-state index contributed by atoms with van der Waals surface area (Å²) in [5, 5.41) is 18.5. The summed E-state index contributed by atoms with van der Waals surface area (Å²) in [7, 11) is 0. The Labute approximate surface area is 266 Å². The second-order valence-corrected chi connectivity index (χ2v) is 12.2. The lowest BCUT2D eigenvalue weighted by Crippen LogP contribution is -2.27. The van der Waals surface area contributed by atoms with Crippen LogP contribution in [-0.4, -0.2) is 38.8 Å². The van der Waals surface area contributed by atoms with E-state index in [0.717, 1.165) is 18.2 Å². The minimum atomic E-state index is -1.29. The number of rotatable bonds is 8. The first kappa shape index (κ1) is 31.7. The standard InChI is InChI=1S/C35H28F4N4O4/c1-18-8-21(12-31-42-32-27(39)10-22(34(44)45)11-29(32)43(31)30-16-46-17-35(30,2)3)26(38)13-23(18)28-7-6-24(36)33(41-28)47-15-20-5-4-19(14-40)9-25(20)37/h4-11,13,30H,12,15-17H2,1-3H3,(H,44,45)/t30-/m1/s1. The molecule has 1 aliphatic heterocycles. The second kappa shape index (κ2) is 12.1. The van der Waals surface area contributed by atoms with Gasteiger partial charge in [0.15, 0.2) is 11.6 Å². The lowest BCUT2D eigenvalue weighted by Gasteiger charge is -2.28. The number of ether oxygens (including phenoxy) is 2. The maximum atomic E-state index is 15.8. The predicted octanol–water partition coefficient (Wildman–Crippen LogP) is 7.30. The van der Waals surface area contributed by atoms with Crippen LogP contribution in [0.15, 0.2) is 54.6 Å². The summed E-state index contributed by atoms with van der Waals surface area (Å²) in [4.78, 5) is 20.5. The summed E-state index contributed by atoms with van der Waals surface area (Å²) < 4.78 is 72.8. The molecule has 5 aromatic rings. The first-order chi connectivity index (χ1) is 22.4. The average Bonchev–Trinajstić information content (AvgIpc) is 3.56.